The quantitative estimate of drug-likeness (QED) is 0.901. The van der Waals surface area contributed by atoms with Crippen molar-refractivity contribution in [1.82, 2.24) is 4.98 Å². The summed E-state index contributed by atoms with van der Waals surface area (Å²) in [6, 6.07) is 7.19. The van der Waals surface area contributed by atoms with E-state index in [1.807, 2.05) is 26.2 Å². The molecule has 0 atom stereocenters. The van der Waals surface area contributed by atoms with E-state index in [-0.39, 0.29) is 11.7 Å². The number of benzene rings is 1. The van der Waals surface area contributed by atoms with Gasteiger partial charge in [-0.15, -0.1) is 0 Å². The predicted octanol–water partition coefficient (Wildman–Crippen LogP) is 2.05. The van der Waals surface area contributed by atoms with Crippen LogP contribution in [0.3, 0.4) is 0 Å². The van der Waals surface area contributed by atoms with E-state index in [0.29, 0.717) is 21.4 Å². The third kappa shape index (κ3) is 2.83. The highest BCUT2D eigenvalue weighted by molar-refractivity contribution is 7.18. The number of anilines is 3. The number of ether oxygens (including phenoxy) is 1. The van der Waals surface area contributed by atoms with Gasteiger partial charge >= 0.3 is 0 Å². The van der Waals surface area contributed by atoms with Crippen molar-refractivity contribution in [3.05, 3.63) is 29.1 Å². The highest BCUT2D eigenvalue weighted by Gasteiger charge is 2.18. The van der Waals surface area contributed by atoms with E-state index in [4.69, 9.17) is 10.5 Å². The molecule has 1 aromatic carbocycles. The van der Waals surface area contributed by atoms with E-state index in [0.717, 1.165) is 0 Å². The van der Waals surface area contributed by atoms with Gasteiger partial charge < -0.3 is 20.7 Å². The Morgan fingerprint density at radius 2 is 2.10 bits per heavy atom. The van der Waals surface area contributed by atoms with Gasteiger partial charge in [0.1, 0.15) is 16.4 Å². The van der Waals surface area contributed by atoms with Crippen LogP contribution in [-0.4, -0.2) is 32.1 Å². The van der Waals surface area contributed by atoms with Gasteiger partial charge in [-0.25, -0.2) is 4.98 Å². The number of hydrogen-bond donors (Lipinski definition) is 2. The molecule has 0 saturated heterocycles. The third-order valence-corrected chi connectivity index (χ3v) is 3.82. The molecule has 0 radical (unpaired) electrons. The largest absolute Gasteiger partial charge is 0.495 e. The summed E-state index contributed by atoms with van der Waals surface area (Å²) in [6.07, 6.45) is 0. The van der Waals surface area contributed by atoms with Gasteiger partial charge in [-0.05, 0) is 12.1 Å². The molecule has 0 fully saturated rings. The van der Waals surface area contributed by atoms with Crippen molar-refractivity contribution >= 4 is 33.9 Å². The molecule has 0 spiro atoms. The van der Waals surface area contributed by atoms with Crippen molar-refractivity contribution in [2.24, 2.45) is 0 Å². The Labute approximate surface area is 121 Å². The lowest BCUT2D eigenvalue weighted by Crippen LogP contribution is -2.12. The van der Waals surface area contributed by atoms with Gasteiger partial charge in [-0.1, -0.05) is 23.5 Å². The van der Waals surface area contributed by atoms with Crippen LogP contribution in [0.1, 0.15) is 9.67 Å². The van der Waals surface area contributed by atoms with Crippen LogP contribution in [0, 0.1) is 0 Å². The predicted molar refractivity (Wildman–Crippen MR) is 81.8 cm³/mol. The van der Waals surface area contributed by atoms with Crippen LogP contribution in [0.2, 0.25) is 0 Å². The molecule has 0 aliphatic heterocycles. The number of nitrogens with zero attached hydrogens (tertiary/aromatic N) is 2. The van der Waals surface area contributed by atoms with E-state index in [9.17, 15) is 4.79 Å². The monoisotopic (exact) mass is 292 g/mol. The second kappa shape index (κ2) is 5.79. The van der Waals surface area contributed by atoms with E-state index in [2.05, 4.69) is 10.3 Å². The van der Waals surface area contributed by atoms with Gasteiger partial charge in [-0.3, -0.25) is 4.79 Å². The molecule has 20 heavy (non-hydrogen) atoms. The lowest BCUT2D eigenvalue weighted by molar-refractivity contribution is 0.103. The Balaban J connectivity index is 2.24. The average Bonchev–Trinajstić information content (AvgIpc) is 2.82. The van der Waals surface area contributed by atoms with Crippen LogP contribution in [-0.2, 0) is 0 Å². The average molecular weight is 292 g/mol. The summed E-state index contributed by atoms with van der Waals surface area (Å²) in [5.74, 6) is 0.528. The number of carbonyl (C=O) groups excluding carboxylic acids is 1. The molecule has 0 bridgehead atoms. The van der Waals surface area contributed by atoms with Gasteiger partial charge in [0.2, 0.25) is 0 Å². The summed E-state index contributed by atoms with van der Waals surface area (Å²) in [5, 5.41) is 3.47. The number of nitrogen functional groups attached to an aromatic ring is 1. The van der Waals surface area contributed by atoms with Crippen LogP contribution in [0.15, 0.2) is 24.3 Å². The Kier molecular flexibility index (Phi) is 4.09. The SMILES string of the molecule is COc1ccccc1NC(=O)c1sc(N(C)C)nc1N. The number of nitrogens with two attached hydrogens (primary N) is 1. The van der Waals surface area contributed by atoms with E-state index < -0.39 is 0 Å². The van der Waals surface area contributed by atoms with Crippen molar-refractivity contribution < 1.29 is 9.53 Å². The van der Waals surface area contributed by atoms with Gasteiger partial charge in [0.25, 0.3) is 5.91 Å². The van der Waals surface area contributed by atoms with Gasteiger partial charge in [0.15, 0.2) is 5.13 Å². The lowest BCUT2D eigenvalue weighted by atomic mass is 10.3. The third-order valence-electron chi connectivity index (χ3n) is 2.59. The lowest BCUT2D eigenvalue weighted by Gasteiger charge is -2.09. The maximum absolute atomic E-state index is 12.2. The first-order valence-corrected chi connectivity index (χ1v) is 6.72. The van der Waals surface area contributed by atoms with Crippen LogP contribution in [0.5, 0.6) is 5.75 Å². The number of para-hydroxylation sites is 2. The minimum Gasteiger partial charge on any atom is -0.495 e. The first kappa shape index (κ1) is 14.1. The Morgan fingerprint density at radius 1 is 1.40 bits per heavy atom. The second-order valence-corrected chi connectivity index (χ2v) is 5.24. The van der Waals surface area contributed by atoms with Crippen molar-refractivity contribution in [1.29, 1.82) is 0 Å². The summed E-state index contributed by atoms with van der Waals surface area (Å²) in [4.78, 5) is 18.6. The summed E-state index contributed by atoms with van der Waals surface area (Å²) in [7, 11) is 5.25. The number of thiazole rings is 1. The Bertz CT molecular complexity index is 625. The fourth-order valence-corrected chi connectivity index (χ4v) is 2.40. The summed E-state index contributed by atoms with van der Waals surface area (Å²) in [6.45, 7) is 0. The molecular weight excluding hydrogens is 276 g/mol. The molecular formula is C13H16N4O2S. The molecule has 1 amide bonds. The first-order chi connectivity index (χ1) is 9.52. The molecule has 1 aromatic heterocycles. The number of methoxy groups -OCH3 is 1. The molecule has 106 valence electrons. The molecule has 3 N–H and O–H groups in total. The normalized spacial score (nSPS) is 10.2. The number of aromatic nitrogens is 1. The molecule has 0 aliphatic carbocycles. The summed E-state index contributed by atoms with van der Waals surface area (Å²) in [5.41, 5.74) is 6.38. The molecule has 6 nitrogen and oxygen atoms in total. The Hall–Kier alpha value is -2.28. The maximum Gasteiger partial charge on any atom is 0.269 e. The second-order valence-electron chi connectivity index (χ2n) is 4.26. The maximum atomic E-state index is 12.2. The molecule has 0 aliphatic rings. The van der Waals surface area contributed by atoms with Gasteiger partial charge in [0.05, 0.1) is 12.8 Å². The zero-order valence-electron chi connectivity index (χ0n) is 11.5. The van der Waals surface area contributed by atoms with Gasteiger partial charge in [0, 0.05) is 14.1 Å². The Morgan fingerprint density at radius 3 is 2.70 bits per heavy atom. The molecule has 0 unspecified atom stereocenters. The van der Waals surface area contributed by atoms with Crippen LogP contribution in [0.25, 0.3) is 0 Å². The molecule has 7 heteroatoms. The number of rotatable bonds is 4. The zero-order chi connectivity index (χ0) is 14.7. The van der Waals surface area contributed by atoms with Crippen LogP contribution in [0.4, 0.5) is 16.6 Å². The van der Waals surface area contributed by atoms with Crippen LogP contribution >= 0.6 is 11.3 Å². The highest BCUT2D eigenvalue weighted by Crippen LogP contribution is 2.29. The van der Waals surface area contributed by atoms with Crippen LogP contribution < -0.4 is 20.7 Å². The van der Waals surface area contributed by atoms with E-state index in [1.54, 1.807) is 24.1 Å². The smallest absolute Gasteiger partial charge is 0.269 e. The minimum atomic E-state index is -0.294. The summed E-state index contributed by atoms with van der Waals surface area (Å²) < 4.78 is 5.19. The first-order valence-electron chi connectivity index (χ1n) is 5.91. The molecule has 1 heterocycles. The zero-order valence-corrected chi connectivity index (χ0v) is 12.3. The molecule has 2 rings (SSSR count). The number of nitrogens with one attached hydrogen (secondary N) is 1. The number of carbonyl (C=O) groups is 1. The summed E-state index contributed by atoms with van der Waals surface area (Å²) >= 11 is 1.25. The number of hydrogen-bond acceptors (Lipinski definition) is 6. The molecule has 0 saturated carbocycles. The molecule has 2 aromatic rings. The van der Waals surface area contributed by atoms with Gasteiger partial charge in [-0.2, -0.15) is 0 Å². The van der Waals surface area contributed by atoms with E-state index >= 15 is 0 Å². The van der Waals surface area contributed by atoms with Crippen molar-refractivity contribution in [3.63, 3.8) is 0 Å². The standard InChI is InChI=1S/C13H16N4O2S/c1-17(2)13-16-11(14)10(20-13)12(18)15-8-6-4-5-7-9(8)19-3/h4-7H,14H2,1-3H3,(H,15,18). The highest BCUT2D eigenvalue weighted by atomic mass is 32.1. The fourth-order valence-electron chi connectivity index (χ4n) is 1.60. The number of amides is 1. The van der Waals surface area contributed by atoms with Crippen molar-refractivity contribution in [3.8, 4) is 5.75 Å². The minimum absolute atomic E-state index is 0.228. The van der Waals surface area contributed by atoms with Crippen molar-refractivity contribution in [2.45, 2.75) is 0 Å². The van der Waals surface area contributed by atoms with E-state index in [1.165, 1.54) is 11.3 Å². The van der Waals surface area contributed by atoms with Crippen molar-refractivity contribution in [2.75, 3.05) is 37.2 Å². The fraction of sp³-hybridized carbons (Fsp3) is 0.231. The topological polar surface area (TPSA) is 80.5 Å².